The van der Waals surface area contributed by atoms with Crippen LogP contribution in [0, 0.1) is 0 Å². The van der Waals surface area contributed by atoms with Gasteiger partial charge in [0.25, 0.3) is 0 Å². The van der Waals surface area contributed by atoms with E-state index in [0.29, 0.717) is 24.2 Å². The number of ketones is 2. The molecule has 0 aromatic carbocycles. The fourth-order valence-electron chi connectivity index (χ4n) is 1.55. The molecule has 0 aliphatic rings. The van der Waals surface area contributed by atoms with E-state index in [-0.39, 0.29) is 11.6 Å². The Hall–Kier alpha value is -2.36. The summed E-state index contributed by atoms with van der Waals surface area (Å²) in [6.45, 7) is 7.92. The Bertz CT molecular complexity index is 554. The number of hydrogen-bond donors (Lipinski definition) is 0. The Morgan fingerprint density at radius 1 is 1.30 bits per heavy atom. The molecule has 0 saturated heterocycles. The van der Waals surface area contributed by atoms with Gasteiger partial charge in [0.2, 0.25) is 0 Å². The van der Waals surface area contributed by atoms with Crippen molar-refractivity contribution < 1.29 is 14.2 Å². The number of pyridine rings is 1. The van der Waals surface area contributed by atoms with Crippen molar-refractivity contribution in [3.05, 3.63) is 54.4 Å². The first kappa shape index (κ1) is 15.7. The van der Waals surface area contributed by atoms with Crippen LogP contribution in [0.3, 0.4) is 0 Å². The average Bonchev–Trinajstić information content (AvgIpc) is 2.42. The van der Waals surface area contributed by atoms with Crippen molar-refractivity contribution in [2.45, 2.75) is 20.4 Å². The van der Waals surface area contributed by atoms with Gasteiger partial charge < -0.3 is 0 Å². The van der Waals surface area contributed by atoms with Gasteiger partial charge in [-0.2, -0.15) is 0 Å². The zero-order valence-electron chi connectivity index (χ0n) is 11.9. The normalized spacial score (nSPS) is 11.6. The molecule has 0 atom stereocenters. The van der Waals surface area contributed by atoms with Crippen molar-refractivity contribution in [3.8, 4) is 0 Å². The SMILES string of the molecule is C=C/C(=C\C=NCC[n+]1ccc(C(C)=O)cc1)C(C)=O. The lowest BCUT2D eigenvalue weighted by molar-refractivity contribution is -0.694. The molecule has 0 N–H and O–H groups in total. The van der Waals surface area contributed by atoms with Crippen molar-refractivity contribution in [2.75, 3.05) is 6.54 Å². The van der Waals surface area contributed by atoms with Crippen LogP contribution < -0.4 is 4.57 Å². The van der Waals surface area contributed by atoms with Crippen molar-refractivity contribution >= 4 is 17.8 Å². The molecular weight excluding hydrogens is 252 g/mol. The zero-order valence-corrected chi connectivity index (χ0v) is 11.9. The van der Waals surface area contributed by atoms with Gasteiger partial charge in [-0.25, -0.2) is 4.57 Å². The van der Waals surface area contributed by atoms with Gasteiger partial charge in [-0.3, -0.25) is 14.6 Å². The molecule has 4 heteroatoms. The molecular formula is C16H19N2O2+. The molecule has 0 bridgehead atoms. The maximum absolute atomic E-state index is 11.1. The lowest BCUT2D eigenvalue weighted by Crippen LogP contribution is -2.34. The summed E-state index contributed by atoms with van der Waals surface area (Å²) < 4.78 is 1.95. The summed E-state index contributed by atoms with van der Waals surface area (Å²) >= 11 is 0. The molecule has 0 amide bonds. The summed E-state index contributed by atoms with van der Waals surface area (Å²) in [6, 6.07) is 3.58. The number of hydrogen-bond acceptors (Lipinski definition) is 3. The fraction of sp³-hybridized carbons (Fsp3) is 0.250. The molecule has 0 fully saturated rings. The molecule has 1 heterocycles. The van der Waals surface area contributed by atoms with Gasteiger partial charge in [-0.15, -0.1) is 0 Å². The summed E-state index contributed by atoms with van der Waals surface area (Å²) in [5, 5.41) is 0. The first-order chi connectivity index (χ1) is 9.54. The number of aromatic nitrogens is 1. The summed E-state index contributed by atoms with van der Waals surface area (Å²) in [4.78, 5) is 26.4. The number of carbonyl (C=O) groups excluding carboxylic acids is 2. The van der Waals surface area contributed by atoms with E-state index in [4.69, 9.17) is 0 Å². The van der Waals surface area contributed by atoms with E-state index in [0.717, 1.165) is 0 Å². The van der Waals surface area contributed by atoms with E-state index in [1.54, 1.807) is 31.3 Å². The second-order valence-corrected chi connectivity index (χ2v) is 4.32. The number of nitrogens with zero attached hydrogens (tertiary/aromatic N) is 2. The van der Waals surface area contributed by atoms with E-state index in [2.05, 4.69) is 11.6 Å². The number of allylic oxidation sites excluding steroid dienone is 3. The maximum atomic E-state index is 11.1. The fourth-order valence-corrected chi connectivity index (χ4v) is 1.55. The van der Waals surface area contributed by atoms with Crippen LogP contribution in [-0.2, 0) is 11.3 Å². The monoisotopic (exact) mass is 271 g/mol. The van der Waals surface area contributed by atoms with Crippen LogP contribution in [0.4, 0.5) is 0 Å². The van der Waals surface area contributed by atoms with Crippen LogP contribution >= 0.6 is 0 Å². The molecule has 0 aliphatic heterocycles. The molecule has 1 rings (SSSR count). The highest BCUT2D eigenvalue weighted by Crippen LogP contribution is 1.96. The summed E-state index contributed by atoms with van der Waals surface area (Å²) in [6.07, 6.45) is 8.49. The van der Waals surface area contributed by atoms with Gasteiger partial charge in [0.05, 0.1) is 6.54 Å². The highest BCUT2D eigenvalue weighted by molar-refractivity contribution is 5.99. The molecule has 0 spiro atoms. The first-order valence-electron chi connectivity index (χ1n) is 6.38. The van der Waals surface area contributed by atoms with Crippen molar-refractivity contribution in [1.82, 2.24) is 0 Å². The van der Waals surface area contributed by atoms with Gasteiger partial charge in [-0.05, 0) is 19.9 Å². The summed E-state index contributed by atoms with van der Waals surface area (Å²) in [5.41, 5.74) is 1.25. The molecule has 4 nitrogen and oxygen atoms in total. The largest absolute Gasteiger partial charge is 0.295 e. The highest BCUT2D eigenvalue weighted by atomic mass is 16.1. The van der Waals surface area contributed by atoms with E-state index in [1.807, 2.05) is 17.0 Å². The third kappa shape index (κ3) is 5.10. The molecule has 104 valence electrons. The maximum Gasteiger partial charge on any atom is 0.169 e. The van der Waals surface area contributed by atoms with Gasteiger partial charge in [0, 0.05) is 29.5 Å². The van der Waals surface area contributed by atoms with E-state index < -0.39 is 0 Å². The van der Waals surface area contributed by atoms with Gasteiger partial charge in [0.15, 0.2) is 30.5 Å². The van der Waals surface area contributed by atoms with Gasteiger partial charge in [-0.1, -0.05) is 12.7 Å². The Labute approximate surface area is 119 Å². The predicted molar refractivity (Wildman–Crippen MR) is 79.0 cm³/mol. The van der Waals surface area contributed by atoms with E-state index >= 15 is 0 Å². The smallest absolute Gasteiger partial charge is 0.169 e. The molecule has 0 aliphatic carbocycles. The first-order valence-corrected chi connectivity index (χ1v) is 6.38. The minimum absolute atomic E-state index is 0.0272. The van der Waals surface area contributed by atoms with Crippen LogP contribution in [0.25, 0.3) is 0 Å². The molecule has 0 unspecified atom stereocenters. The van der Waals surface area contributed by atoms with Gasteiger partial charge >= 0.3 is 0 Å². The van der Waals surface area contributed by atoms with Crippen LogP contribution in [0.2, 0.25) is 0 Å². The topological polar surface area (TPSA) is 50.4 Å². The Morgan fingerprint density at radius 3 is 2.45 bits per heavy atom. The second-order valence-electron chi connectivity index (χ2n) is 4.32. The minimum atomic E-state index is -0.0272. The molecule has 1 aromatic rings. The van der Waals surface area contributed by atoms with Crippen molar-refractivity contribution in [3.63, 3.8) is 0 Å². The van der Waals surface area contributed by atoms with E-state index in [9.17, 15) is 9.59 Å². The van der Waals surface area contributed by atoms with Crippen LogP contribution in [-0.4, -0.2) is 24.3 Å². The number of rotatable bonds is 7. The number of aliphatic imine (C=N–C) groups is 1. The third-order valence-electron chi connectivity index (χ3n) is 2.77. The molecule has 0 radical (unpaired) electrons. The quantitative estimate of drug-likeness (QED) is 0.250. The minimum Gasteiger partial charge on any atom is -0.295 e. The van der Waals surface area contributed by atoms with Crippen LogP contribution in [0.1, 0.15) is 24.2 Å². The Balaban J connectivity index is 2.50. The standard InChI is InChI=1S/C16H19N2O2/c1-4-15(13(2)19)5-8-17-9-12-18-10-6-16(7-11-18)14(3)20/h4-8,10-11H,1,9,12H2,2-3H3/q+1/b15-5+,17-8?. The average molecular weight is 271 g/mol. The third-order valence-corrected chi connectivity index (χ3v) is 2.77. The van der Waals surface area contributed by atoms with E-state index in [1.165, 1.54) is 13.0 Å². The number of Topliss-reactive ketones (excluding diaryl/α,β-unsaturated/α-hetero) is 2. The molecule has 20 heavy (non-hydrogen) atoms. The van der Waals surface area contributed by atoms with Crippen molar-refractivity contribution in [1.29, 1.82) is 0 Å². The lowest BCUT2D eigenvalue weighted by Gasteiger charge is -1.95. The lowest BCUT2D eigenvalue weighted by atomic mass is 10.2. The highest BCUT2D eigenvalue weighted by Gasteiger charge is 2.02. The summed E-state index contributed by atoms with van der Waals surface area (Å²) in [5.74, 6) is 0.0298. The van der Waals surface area contributed by atoms with Crippen molar-refractivity contribution in [2.24, 2.45) is 4.99 Å². The van der Waals surface area contributed by atoms with Gasteiger partial charge in [0.1, 0.15) is 0 Å². The zero-order chi connectivity index (χ0) is 15.0. The van der Waals surface area contributed by atoms with Crippen LogP contribution in [0.15, 0.2) is 53.8 Å². The van der Waals surface area contributed by atoms with Crippen LogP contribution in [0.5, 0.6) is 0 Å². The Morgan fingerprint density at radius 2 is 1.95 bits per heavy atom. The number of carbonyl (C=O) groups is 2. The molecule has 0 saturated carbocycles. The second kappa shape index (κ2) is 7.94. The Kier molecular flexibility index (Phi) is 6.23. The summed E-state index contributed by atoms with van der Waals surface area (Å²) in [7, 11) is 0. The molecule has 1 aromatic heterocycles. The predicted octanol–water partition coefficient (Wildman–Crippen LogP) is 1.95.